The molecule has 2 aromatic carbocycles. The predicted molar refractivity (Wildman–Crippen MR) is 112 cm³/mol. The van der Waals surface area contributed by atoms with Crippen molar-refractivity contribution in [1.29, 1.82) is 5.26 Å². The Morgan fingerprint density at radius 3 is 2.60 bits per heavy atom. The van der Waals surface area contributed by atoms with Crippen LogP contribution in [0.5, 0.6) is 0 Å². The monoisotopic (exact) mass is 443 g/mol. The van der Waals surface area contributed by atoms with Gasteiger partial charge in [0.1, 0.15) is 29.8 Å². The van der Waals surface area contributed by atoms with E-state index < -0.39 is 34.9 Å². The molecule has 0 radical (unpaired) electrons. The second kappa shape index (κ2) is 9.04. The zero-order chi connectivity index (χ0) is 21.7. The maximum atomic E-state index is 12.2. The molecule has 0 atom stereocenters. The van der Waals surface area contributed by atoms with Crippen LogP contribution < -0.4 is 4.72 Å². The number of hydrogen-bond donors (Lipinski definition) is 2. The molecule has 10 heteroatoms. The van der Waals surface area contributed by atoms with Crippen LogP contribution in [0.4, 0.5) is 0 Å². The average molecular weight is 444 g/mol. The van der Waals surface area contributed by atoms with E-state index in [9.17, 15) is 23.6 Å². The number of hydrogen-bond acceptors (Lipinski definition) is 8. The zero-order valence-electron chi connectivity index (χ0n) is 15.8. The predicted octanol–water partition coefficient (Wildman–Crippen LogP) is 2.92. The molecule has 154 valence electrons. The smallest absolute Gasteiger partial charge is 0.321 e. The summed E-state index contributed by atoms with van der Waals surface area (Å²) in [5.41, 5.74) is 1.47. The zero-order valence-corrected chi connectivity index (χ0v) is 17.5. The van der Waals surface area contributed by atoms with Gasteiger partial charge in [0.2, 0.25) is 10.0 Å². The van der Waals surface area contributed by atoms with E-state index in [1.165, 1.54) is 23.5 Å². The van der Waals surface area contributed by atoms with Gasteiger partial charge < -0.3 is 9.84 Å². The van der Waals surface area contributed by atoms with Crippen LogP contribution >= 0.6 is 11.3 Å². The van der Waals surface area contributed by atoms with Crippen molar-refractivity contribution < 1.29 is 23.1 Å². The summed E-state index contributed by atoms with van der Waals surface area (Å²) in [4.78, 5) is 16.2. The maximum Gasteiger partial charge on any atom is 0.321 e. The Bertz CT molecular complexity index is 1220. The van der Waals surface area contributed by atoms with Gasteiger partial charge >= 0.3 is 5.97 Å². The van der Waals surface area contributed by atoms with Crippen LogP contribution in [0.2, 0.25) is 0 Å². The molecule has 3 rings (SSSR count). The number of carbonyl (C=O) groups is 1. The molecule has 1 aromatic heterocycles. The minimum Gasteiger partial charge on any atom is -0.507 e. The fraction of sp³-hybridized carbons (Fsp3) is 0.150. The number of nitrogens with zero attached hydrogens (tertiary/aromatic N) is 2. The summed E-state index contributed by atoms with van der Waals surface area (Å²) in [5.74, 6) is -1.37. The number of aromatic nitrogens is 1. The number of rotatable bonds is 7. The second-order valence-corrected chi connectivity index (χ2v) is 9.02. The molecule has 0 aliphatic rings. The second-order valence-electron chi connectivity index (χ2n) is 6.22. The van der Waals surface area contributed by atoms with Gasteiger partial charge in [-0.15, -0.1) is 11.3 Å². The number of para-hydroxylation sites is 1. The summed E-state index contributed by atoms with van der Waals surface area (Å²) in [5, 5.41) is 19.8. The van der Waals surface area contributed by atoms with Crippen LogP contribution in [0.3, 0.4) is 0 Å². The van der Waals surface area contributed by atoms with Crippen molar-refractivity contribution in [1.82, 2.24) is 9.71 Å². The number of nitriles is 1. The van der Waals surface area contributed by atoms with Crippen molar-refractivity contribution in [2.24, 2.45) is 0 Å². The molecule has 1 heterocycles. The highest BCUT2D eigenvalue weighted by Gasteiger charge is 2.18. The van der Waals surface area contributed by atoms with Crippen molar-refractivity contribution in [3.63, 3.8) is 0 Å². The molecule has 0 unspecified atom stereocenters. The molecule has 0 bridgehead atoms. The van der Waals surface area contributed by atoms with E-state index in [1.807, 2.05) is 25.1 Å². The van der Waals surface area contributed by atoms with Gasteiger partial charge in [0, 0.05) is 0 Å². The summed E-state index contributed by atoms with van der Waals surface area (Å²) in [6, 6.07) is 15.2. The molecule has 2 N–H and O–H groups in total. The Kier molecular flexibility index (Phi) is 6.47. The van der Waals surface area contributed by atoms with Gasteiger partial charge in [-0.05, 0) is 31.2 Å². The summed E-state index contributed by atoms with van der Waals surface area (Å²) in [7, 11) is -3.88. The largest absolute Gasteiger partial charge is 0.507 e. The van der Waals surface area contributed by atoms with Crippen molar-refractivity contribution in [3.05, 3.63) is 64.9 Å². The van der Waals surface area contributed by atoms with Crippen LogP contribution in [0.1, 0.15) is 10.6 Å². The number of nitrogens with one attached hydrogen (secondary N) is 1. The standard InChI is InChI=1S/C20H17N3O5S2/c1-13-6-8-14(9-7-13)30(26,27)22-11-19(25)28-12-17(24)15(10-21)20-23-16-4-2-3-5-18(16)29-20/h2-9,22,24H,11-12H2,1H3. The van der Waals surface area contributed by atoms with Gasteiger partial charge in [-0.25, -0.2) is 13.4 Å². The minimum atomic E-state index is -3.88. The number of aliphatic hydroxyl groups is 1. The van der Waals surface area contributed by atoms with Crippen LogP contribution in [0.25, 0.3) is 15.8 Å². The molecule has 0 saturated heterocycles. The van der Waals surface area contributed by atoms with Crippen molar-refractivity contribution in [2.45, 2.75) is 11.8 Å². The Morgan fingerprint density at radius 2 is 1.93 bits per heavy atom. The van der Waals surface area contributed by atoms with Gasteiger partial charge in [-0.2, -0.15) is 9.98 Å². The lowest BCUT2D eigenvalue weighted by molar-refractivity contribution is -0.141. The summed E-state index contributed by atoms with van der Waals surface area (Å²) >= 11 is 1.22. The number of esters is 1. The molecule has 0 spiro atoms. The Morgan fingerprint density at radius 1 is 1.23 bits per heavy atom. The number of aryl methyl sites for hydroxylation is 1. The number of sulfonamides is 1. The van der Waals surface area contributed by atoms with E-state index in [2.05, 4.69) is 9.71 Å². The van der Waals surface area contributed by atoms with Crippen LogP contribution in [-0.4, -0.2) is 37.6 Å². The fourth-order valence-corrected chi connectivity index (χ4v) is 4.39. The number of benzene rings is 2. The van der Waals surface area contributed by atoms with Gasteiger partial charge in [0.15, 0.2) is 5.76 Å². The molecule has 0 aliphatic carbocycles. The summed E-state index contributed by atoms with van der Waals surface area (Å²) < 4.78 is 32.2. The molecule has 0 fully saturated rings. The summed E-state index contributed by atoms with van der Waals surface area (Å²) in [6.07, 6.45) is 0. The van der Waals surface area contributed by atoms with Gasteiger partial charge in [-0.1, -0.05) is 29.8 Å². The van der Waals surface area contributed by atoms with Gasteiger partial charge in [0.25, 0.3) is 0 Å². The molecule has 0 saturated carbocycles. The summed E-state index contributed by atoms with van der Waals surface area (Å²) in [6.45, 7) is 0.626. The third-order valence-corrected chi connectivity index (χ3v) is 6.49. The first-order chi connectivity index (χ1) is 14.3. The van der Waals surface area contributed by atoms with Crippen molar-refractivity contribution >= 4 is 43.1 Å². The lowest BCUT2D eigenvalue weighted by Gasteiger charge is -2.08. The first kappa shape index (κ1) is 21.4. The van der Waals surface area contributed by atoms with E-state index in [-0.39, 0.29) is 10.5 Å². The first-order valence-corrected chi connectivity index (χ1v) is 11.0. The van der Waals surface area contributed by atoms with E-state index in [1.54, 1.807) is 24.3 Å². The first-order valence-electron chi connectivity index (χ1n) is 8.70. The number of fused-ring (bicyclic) bond motifs is 1. The Hall–Kier alpha value is -3.26. The number of aliphatic hydroxyl groups excluding tert-OH is 1. The highest BCUT2D eigenvalue weighted by molar-refractivity contribution is 7.89. The lowest BCUT2D eigenvalue weighted by atomic mass is 10.2. The molecule has 8 nitrogen and oxygen atoms in total. The van der Waals surface area contributed by atoms with E-state index in [0.717, 1.165) is 10.3 Å². The number of allylic oxidation sites excluding steroid dienone is 1. The molecular weight excluding hydrogens is 426 g/mol. The minimum absolute atomic E-state index is 0.0197. The highest BCUT2D eigenvalue weighted by Crippen LogP contribution is 2.28. The fourth-order valence-electron chi connectivity index (χ4n) is 2.44. The molecular formula is C20H17N3O5S2. The number of thiazole rings is 1. The van der Waals surface area contributed by atoms with Gasteiger partial charge in [-0.3, -0.25) is 4.79 Å². The quantitative estimate of drug-likeness (QED) is 0.326. The normalized spacial score (nSPS) is 12.3. The van der Waals surface area contributed by atoms with E-state index in [4.69, 9.17) is 4.74 Å². The van der Waals surface area contributed by atoms with Crippen LogP contribution in [0, 0.1) is 18.3 Å². The van der Waals surface area contributed by atoms with Crippen molar-refractivity contribution in [2.75, 3.05) is 13.2 Å². The van der Waals surface area contributed by atoms with E-state index >= 15 is 0 Å². The molecule has 30 heavy (non-hydrogen) atoms. The number of ether oxygens (including phenoxy) is 1. The topological polar surface area (TPSA) is 129 Å². The average Bonchev–Trinajstić information content (AvgIpc) is 3.15. The molecule has 0 aliphatic heterocycles. The van der Waals surface area contributed by atoms with Crippen LogP contribution in [0.15, 0.2) is 59.2 Å². The third-order valence-electron chi connectivity index (χ3n) is 4.02. The third kappa shape index (κ3) is 5.01. The molecule has 0 amide bonds. The maximum absolute atomic E-state index is 12.2. The SMILES string of the molecule is Cc1ccc(S(=O)(=O)NCC(=O)OCC(O)=C(C#N)c2nc3ccccc3s2)cc1. The van der Waals surface area contributed by atoms with Crippen LogP contribution in [-0.2, 0) is 19.6 Å². The Balaban J connectivity index is 1.62. The highest BCUT2D eigenvalue weighted by atomic mass is 32.2. The molecule has 3 aromatic rings. The van der Waals surface area contributed by atoms with Gasteiger partial charge in [0.05, 0.1) is 15.1 Å². The number of carbonyl (C=O) groups excluding carboxylic acids is 1. The van der Waals surface area contributed by atoms with E-state index in [0.29, 0.717) is 10.5 Å². The van der Waals surface area contributed by atoms with Crippen molar-refractivity contribution in [3.8, 4) is 6.07 Å². The lowest BCUT2D eigenvalue weighted by Crippen LogP contribution is -2.31. The Labute approximate surface area is 177 Å².